The predicted molar refractivity (Wildman–Crippen MR) is 91.0 cm³/mol. The first kappa shape index (κ1) is 15.3. The molecule has 1 aromatic heterocycles. The van der Waals surface area contributed by atoms with Crippen LogP contribution in [0.2, 0.25) is 0 Å². The summed E-state index contributed by atoms with van der Waals surface area (Å²) in [6.07, 6.45) is 1.49. The molecule has 22 heavy (non-hydrogen) atoms. The zero-order chi connectivity index (χ0) is 16.0. The second kappa shape index (κ2) is 5.54. The van der Waals surface area contributed by atoms with Crippen molar-refractivity contribution in [2.24, 2.45) is 7.05 Å². The maximum Gasteiger partial charge on any atom is 0.130 e. The third-order valence-corrected chi connectivity index (χ3v) is 5.15. The van der Waals surface area contributed by atoms with Crippen molar-refractivity contribution in [3.05, 3.63) is 34.5 Å². The predicted octanol–water partition coefficient (Wildman–Crippen LogP) is 3.73. The molecule has 2 aromatic rings. The molecule has 0 radical (unpaired) electrons. The highest BCUT2D eigenvalue weighted by Crippen LogP contribution is 2.33. The minimum atomic E-state index is 0.267. The molecular weight excluding hydrogens is 272 g/mol. The number of Topliss-reactive ketones (excluding diaryl/α,β-unsaturated/α-hetero) is 1. The van der Waals surface area contributed by atoms with Crippen LogP contribution >= 0.6 is 0 Å². The number of benzene rings is 1. The van der Waals surface area contributed by atoms with E-state index in [9.17, 15) is 4.79 Å². The summed E-state index contributed by atoms with van der Waals surface area (Å²) in [5.41, 5.74) is 6.86. The Hall–Kier alpha value is -1.61. The van der Waals surface area contributed by atoms with E-state index in [-0.39, 0.29) is 5.78 Å². The van der Waals surface area contributed by atoms with Crippen LogP contribution in [0.1, 0.15) is 49.6 Å². The van der Waals surface area contributed by atoms with Gasteiger partial charge in [-0.25, -0.2) is 0 Å². The van der Waals surface area contributed by atoms with E-state index in [1.54, 1.807) is 6.92 Å². The van der Waals surface area contributed by atoms with Gasteiger partial charge in [-0.1, -0.05) is 0 Å². The molecule has 0 amide bonds. The van der Waals surface area contributed by atoms with Crippen LogP contribution in [0.15, 0.2) is 12.1 Å². The number of nitrogens with zero attached hydrogens (tertiary/aromatic N) is 2. The van der Waals surface area contributed by atoms with Gasteiger partial charge in [0.1, 0.15) is 5.78 Å². The molecule has 3 rings (SSSR count). The Morgan fingerprint density at radius 3 is 2.45 bits per heavy atom. The van der Waals surface area contributed by atoms with Gasteiger partial charge in [0.2, 0.25) is 0 Å². The number of fused-ring (bicyclic) bond motifs is 2. The number of rotatable bonds is 4. The van der Waals surface area contributed by atoms with Crippen molar-refractivity contribution in [2.75, 3.05) is 0 Å². The maximum absolute atomic E-state index is 11.4. The summed E-state index contributed by atoms with van der Waals surface area (Å²) >= 11 is 0. The first-order valence-electron chi connectivity index (χ1n) is 8.21. The molecule has 1 aliphatic rings. The number of ketones is 1. The van der Waals surface area contributed by atoms with Gasteiger partial charge >= 0.3 is 0 Å². The molecule has 1 aliphatic heterocycles. The molecule has 2 heterocycles. The van der Waals surface area contributed by atoms with Crippen molar-refractivity contribution in [3.8, 4) is 0 Å². The van der Waals surface area contributed by atoms with E-state index in [0.29, 0.717) is 12.5 Å². The highest BCUT2D eigenvalue weighted by molar-refractivity contribution is 5.88. The Balaban J connectivity index is 2.06. The molecular formula is C19H26N2O. The molecule has 0 fully saturated rings. The largest absolute Gasteiger partial charge is 0.348 e. The lowest BCUT2D eigenvalue weighted by atomic mass is 10.0. The third kappa shape index (κ3) is 2.48. The van der Waals surface area contributed by atoms with Crippen molar-refractivity contribution >= 4 is 16.7 Å². The van der Waals surface area contributed by atoms with Gasteiger partial charge in [-0.15, -0.1) is 0 Å². The quantitative estimate of drug-likeness (QED) is 0.859. The van der Waals surface area contributed by atoms with Crippen LogP contribution < -0.4 is 0 Å². The smallest absolute Gasteiger partial charge is 0.130 e. The Morgan fingerprint density at radius 1 is 1.23 bits per heavy atom. The van der Waals surface area contributed by atoms with Gasteiger partial charge in [0.15, 0.2) is 0 Å². The summed E-state index contributed by atoms with van der Waals surface area (Å²) < 4.78 is 2.28. The fourth-order valence-corrected chi connectivity index (χ4v) is 3.54. The van der Waals surface area contributed by atoms with Gasteiger partial charge in [0, 0.05) is 49.2 Å². The monoisotopic (exact) mass is 298 g/mol. The topological polar surface area (TPSA) is 25.2 Å². The molecule has 0 aliphatic carbocycles. The molecule has 118 valence electrons. The molecule has 0 atom stereocenters. The van der Waals surface area contributed by atoms with Crippen molar-refractivity contribution in [1.29, 1.82) is 0 Å². The van der Waals surface area contributed by atoms with Gasteiger partial charge in [-0.2, -0.15) is 0 Å². The SMILES string of the molecule is CC(=O)CCc1c(C)n(C)c2cc3c(cc12)CN(C(C)C)C3. The van der Waals surface area contributed by atoms with Crippen LogP contribution in [-0.2, 0) is 31.4 Å². The summed E-state index contributed by atoms with van der Waals surface area (Å²) in [6, 6.07) is 5.31. The van der Waals surface area contributed by atoms with Crippen molar-refractivity contribution in [1.82, 2.24) is 9.47 Å². The Morgan fingerprint density at radius 2 is 1.86 bits per heavy atom. The van der Waals surface area contributed by atoms with Crippen LogP contribution in [0.3, 0.4) is 0 Å². The lowest BCUT2D eigenvalue weighted by molar-refractivity contribution is -0.116. The van der Waals surface area contributed by atoms with E-state index < -0.39 is 0 Å². The molecule has 1 aromatic carbocycles. The fraction of sp³-hybridized carbons (Fsp3) is 0.526. The lowest BCUT2D eigenvalue weighted by Gasteiger charge is -2.18. The van der Waals surface area contributed by atoms with Gasteiger partial charge in [0.25, 0.3) is 0 Å². The standard InChI is InChI=1S/C19H26N2O/c1-12(2)21-10-15-8-18-17(7-6-13(3)22)14(4)20(5)19(18)9-16(15)11-21/h8-9,12H,6-7,10-11H2,1-5H3. The van der Waals surface area contributed by atoms with E-state index in [2.05, 4.69) is 49.4 Å². The summed E-state index contributed by atoms with van der Waals surface area (Å²) in [7, 11) is 2.14. The minimum absolute atomic E-state index is 0.267. The Kier molecular flexibility index (Phi) is 3.85. The van der Waals surface area contributed by atoms with Crippen LogP contribution in [0.5, 0.6) is 0 Å². The van der Waals surface area contributed by atoms with E-state index in [4.69, 9.17) is 0 Å². The molecule has 0 saturated heterocycles. The zero-order valence-corrected chi connectivity index (χ0v) is 14.4. The molecule has 0 bridgehead atoms. The number of aromatic nitrogens is 1. The zero-order valence-electron chi connectivity index (χ0n) is 14.4. The lowest BCUT2D eigenvalue weighted by Crippen LogP contribution is -2.24. The highest BCUT2D eigenvalue weighted by atomic mass is 16.1. The minimum Gasteiger partial charge on any atom is -0.348 e. The number of carbonyl (C=O) groups excluding carboxylic acids is 1. The van der Waals surface area contributed by atoms with Crippen molar-refractivity contribution < 1.29 is 4.79 Å². The molecule has 0 unspecified atom stereocenters. The average molecular weight is 298 g/mol. The number of carbonyl (C=O) groups is 1. The van der Waals surface area contributed by atoms with E-state index in [1.807, 2.05) is 0 Å². The van der Waals surface area contributed by atoms with Gasteiger partial charge < -0.3 is 9.36 Å². The molecule has 3 nitrogen and oxygen atoms in total. The van der Waals surface area contributed by atoms with Crippen LogP contribution in [-0.4, -0.2) is 21.3 Å². The summed E-state index contributed by atoms with van der Waals surface area (Å²) in [6.45, 7) is 10.5. The number of hydrogen-bond acceptors (Lipinski definition) is 2. The highest BCUT2D eigenvalue weighted by Gasteiger charge is 2.23. The average Bonchev–Trinajstić information content (AvgIpc) is 2.96. The number of hydrogen-bond donors (Lipinski definition) is 0. The van der Waals surface area contributed by atoms with Crippen LogP contribution in [0, 0.1) is 6.92 Å². The second-order valence-electron chi connectivity index (χ2n) is 6.96. The van der Waals surface area contributed by atoms with E-state index in [1.165, 1.54) is 33.3 Å². The van der Waals surface area contributed by atoms with Gasteiger partial charge in [-0.3, -0.25) is 4.90 Å². The van der Waals surface area contributed by atoms with E-state index in [0.717, 1.165) is 19.5 Å². The van der Waals surface area contributed by atoms with Gasteiger partial charge in [-0.05, 0) is 62.9 Å². The Labute approximate surface area is 132 Å². The third-order valence-electron chi connectivity index (χ3n) is 5.15. The summed E-state index contributed by atoms with van der Waals surface area (Å²) in [4.78, 5) is 13.9. The van der Waals surface area contributed by atoms with Crippen molar-refractivity contribution in [2.45, 2.75) is 59.7 Å². The number of aryl methyl sites for hydroxylation is 2. The first-order valence-corrected chi connectivity index (χ1v) is 8.21. The summed E-state index contributed by atoms with van der Waals surface area (Å²) in [5, 5.41) is 1.34. The Bertz CT molecular complexity index is 740. The molecule has 0 saturated carbocycles. The maximum atomic E-state index is 11.4. The van der Waals surface area contributed by atoms with Gasteiger partial charge in [0.05, 0.1) is 0 Å². The second-order valence-corrected chi connectivity index (χ2v) is 6.96. The summed E-state index contributed by atoms with van der Waals surface area (Å²) in [5.74, 6) is 0.267. The molecule has 0 spiro atoms. The van der Waals surface area contributed by atoms with Crippen LogP contribution in [0.25, 0.3) is 10.9 Å². The van der Waals surface area contributed by atoms with Crippen LogP contribution in [0.4, 0.5) is 0 Å². The van der Waals surface area contributed by atoms with E-state index >= 15 is 0 Å². The van der Waals surface area contributed by atoms with Crippen molar-refractivity contribution in [3.63, 3.8) is 0 Å². The molecule has 3 heteroatoms. The molecule has 0 N–H and O–H groups in total. The normalized spacial score (nSPS) is 15.0. The fourth-order valence-electron chi connectivity index (χ4n) is 3.54. The first-order chi connectivity index (χ1) is 10.4.